The van der Waals surface area contributed by atoms with E-state index >= 15 is 0 Å². The van der Waals surface area contributed by atoms with Crippen molar-refractivity contribution in [1.82, 2.24) is 0 Å². The molecule has 4 bridgehead atoms. The molecule has 4 fully saturated rings. The van der Waals surface area contributed by atoms with E-state index in [1.165, 1.54) is 38.5 Å². The summed E-state index contributed by atoms with van der Waals surface area (Å²) in [5, 5.41) is 0. The molecule has 0 unspecified atom stereocenters. The summed E-state index contributed by atoms with van der Waals surface area (Å²) in [6, 6.07) is 0. The molecule has 0 aromatic heterocycles. The van der Waals surface area contributed by atoms with Gasteiger partial charge in [0.25, 0.3) is 0 Å². The number of nitrogens with zero attached hydrogens (tertiary/aromatic N) is 1. The molecular formula is C17H29NO. The first-order valence-electron chi connectivity index (χ1n) is 8.00. The molecule has 2 nitrogen and oxygen atoms in total. The highest BCUT2D eigenvalue weighted by Crippen LogP contribution is 2.61. The lowest BCUT2D eigenvalue weighted by molar-refractivity contribution is -0.0503. The van der Waals surface area contributed by atoms with Crippen LogP contribution in [-0.4, -0.2) is 18.5 Å². The molecule has 4 rings (SSSR count). The minimum absolute atomic E-state index is 0.0202. The third-order valence-electron chi connectivity index (χ3n) is 5.39. The van der Waals surface area contributed by atoms with Crippen molar-refractivity contribution in [1.29, 1.82) is 0 Å². The van der Waals surface area contributed by atoms with Gasteiger partial charge in [-0.1, -0.05) is 0 Å². The summed E-state index contributed by atoms with van der Waals surface area (Å²) in [7, 11) is 1.80. The summed E-state index contributed by atoms with van der Waals surface area (Å²) in [6.07, 6.45) is 9.93. The van der Waals surface area contributed by atoms with Gasteiger partial charge >= 0.3 is 0 Å². The Labute approximate surface area is 118 Å². The molecule has 0 N–H and O–H groups in total. The van der Waals surface area contributed by atoms with Crippen LogP contribution in [0.25, 0.3) is 0 Å². The van der Waals surface area contributed by atoms with Crippen LogP contribution in [0, 0.1) is 23.2 Å². The first-order chi connectivity index (χ1) is 8.87. The monoisotopic (exact) mass is 263 g/mol. The molecule has 4 saturated carbocycles. The normalized spacial score (nSPS) is 41.7. The highest BCUT2D eigenvalue weighted by atomic mass is 16.5. The maximum atomic E-state index is 5.62. The Morgan fingerprint density at radius 3 is 1.89 bits per heavy atom. The van der Waals surface area contributed by atoms with Crippen molar-refractivity contribution in [2.24, 2.45) is 28.2 Å². The molecule has 0 aromatic rings. The zero-order valence-electron chi connectivity index (χ0n) is 13.0. The van der Waals surface area contributed by atoms with Crippen LogP contribution in [0.2, 0.25) is 0 Å². The van der Waals surface area contributed by atoms with Crippen LogP contribution < -0.4 is 0 Å². The van der Waals surface area contributed by atoms with Crippen LogP contribution in [-0.2, 0) is 4.74 Å². The lowest BCUT2D eigenvalue weighted by Gasteiger charge is -2.56. The molecule has 0 aliphatic heterocycles. The molecule has 0 amide bonds. The van der Waals surface area contributed by atoms with E-state index in [4.69, 9.17) is 9.73 Å². The van der Waals surface area contributed by atoms with Gasteiger partial charge in [-0.2, -0.15) is 0 Å². The average molecular weight is 263 g/mol. The Bertz CT molecular complexity index is 342. The second kappa shape index (κ2) is 4.49. The molecule has 0 radical (unpaired) electrons. The maximum Gasteiger partial charge on any atom is 0.183 e. The van der Waals surface area contributed by atoms with E-state index < -0.39 is 0 Å². The average Bonchev–Trinajstić information content (AvgIpc) is 2.23. The first-order valence-corrected chi connectivity index (χ1v) is 8.00. The molecule has 0 spiro atoms. The molecule has 0 saturated heterocycles. The summed E-state index contributed by atoms with van der Waals surface area (Å²) in [5.74, 6) is 4.03. The van der Waals surface area contributed by atoms with Gasteiger partial charge in [0.15, 0.2) is 5.90 Å². The van der Waals surface area contributed by atoms with E-state index in [2.05, 4.69) is 20.8 Å². The fraction of sp³-hybridized carbons (Fsp3) is 0.941. The predicted octanol–water partition coefficient (Wildman–Crippen LogP) is 4.44. The van der Waals surface area contributed by atoms with E-state index in [9.17, 15) is 0 Å². The Morgan fingerprint density at radius 1 is 1.05 bits per heavy atom. The zero-order valence-corrected chi connectivity index (χ0v) is 13.0. The van der Waals surface area contributed by atoms with E-state index in [1.807, 2.05) is 0 Å². The summed E-state index contributed by atoms with van der Waals surface area (Å²) in [5.41, 5.74) is 0.516. The molecule has 108 valence electrons. The Morgan fingerprint density at radius 2 is 1.53 bits per heavy atom. The summed E-state index contributed by atoms with van der Waals surface area (Å²) >= 11 is 0. The standard InChI is InChI=1S/C17H29NO/c1-16(2,3)18-15(19-4)11-17-8-12-5-13(9-17)7-14(6-12)10-17/h12-14H,5-11H2,1-4H3. The van der Waals surface area contributed by atoms with E-state index in [-0.39, 0.29) is 5.54 Å². The minimum atomic E-state index is -0.0202. The number of aliphatic imine (C=N–C) groups is 1. The van der Waals surface area contributed by atoms with Gasteiger partial charge in [0, 0.05) is 6.42 Å². The predicted molar refractivity (Wildman–Crippen MR) is 79.4 cm³/mol. The number of rotatable bonds is 2. The molecule has 2 heteroatoms. The second-order valence-electron chi connectivity index (χ2n) is 8.47. The highest BCUT2D eigenvalue weighted by molar-refractivity contribution is 5.77. The van der Waals surface area contributed by atoms with Gasteiger partial charge in [-0.05, 0) is 82.5 Å². The quantitative estimate of drug-likeness (QED) is 0.533. The van der Waals surface area contributed by atoms with Gasteiger partial charge in [0.1, 0.15) is 0 Å². The minimum Gasteiger partial charge on any atom is -0.484 e. The Balaban J connectivity index is 1.77. The van der Waals surface area contributed by atoms with E-state index in [0.717, 1.165) is 30.1 Å². The third-order valence-corrected chi connectivity index (χ3v) is 5.39. The molecule has 4 aliphatic rings. The van der Waals surface area contributed by atoms with Crippen LogP contribution in [0.1, 0.15) is 65.7 Å². The van der Waals surface area contributed by atoms with Gasteiger partial charge in [-0.3, -0.25) is 0 Å². The summed E-state index contributed by atoms with van der Waals surface area (Å²) in [6.45, 7) is 6.48. The molecule has 0 heterocycles. The number of hydrogen-bond acceptors (Lipinski definition) is 2. The second-order valence-corrected chi connectivity index (χ2v) is 8.47. The molecular weight excluding hydrogens is 234 g/mol. The van der Waals surface area contributed by atoms with Crippen LogP contribution in [0.5, 0.6) is 0 Å². The topological polar surface area (TPSA) is 21.6 Å². The lowest BCUT2D eigenvalue weighted by atomic mass is 9.49. The van der Waals surface area contributed by atoms with Crippen molar-refractivity contribution in [3.8, 4) is 0 Å². The molecule has 0 aromatic carbocycles. The van der Waals surface area contributed by atoms with Crippen molar-refractivity contribution in [2.45, 2.75) is 71.3 Å². The maximum absolute atomic E-state index is 5.62. The van der Waals surface area contributed by atoms with Gasteiger partial charge in [0.05, 0.1) is 12.6 Å². The van der Waals surface area contributed by atoms with Crippen LogP contribution in [0.4, 0.5) is 0 Å². The van der Waals surface area contributed by atoms with Crippen LogP contribution in [0.3, 0.4) is 0 Å². The highest BCUT2D eigenvalue weighted by Gasteiger charge is 2.51. The summed E-state index contributed by atoms with van der Waals surface area (Å²) in [4.78, 5) is 4.80. The first kappa shape index (κ1) is 13.5. The molecule has 0 atom stereocenters. The van der Waals surface area contributed by atoms with Gasteiger partial charge in [-0.15, -0.1) is 0 Å². The van der Waals surface area contributed by atoms with Crippen molar-refractivity contribution < 1.29 is 4.74 Å². The van der Waals surface area contributed by atoms with Gasteiger partial charge in [0.2, 0.25) is 0 Å². The van der Waals surface area contributed by atoms with Crippen molar-refractivity contribution in [3.63, 3.8) is 0 Å². The lowest BCUT2D eigenvalue weighted by Crippen LogP contribution is -2.47. The third kappa shape index (κ3) is 2.83. The molecule has 4 aliphatic carbocycles. The smallest absolute Gasteiger partial charge is 0.183 e. The fourth-order valence-electron chi connectivity index (χ4n) is 5.36. The van der Waals surface area contributed by atoms with Crippen molar-refractivity contribution >= 4 is 5.90 Å². The number of hydrogen-bond donors (Lipinski definition) is 0. The SMILES string of the molecule is COC(CC12CC3CC(CC(C3)C1)C2)=NC(C)(C)C. The van der Waals surface area contributed by atoms with Crippen LogP contribution >= 0.6 is 0 Å². The number of ether oxygens (including phenoxy) is 1. The zero-order chi connectivity index (χ0) is 13.7. The van der Waals surface area contributed by atoms with E-state index in [0.29, 0.717) is 5.41 Å². The summed E-state index contributed by atoms with van der Waals surface area (Å²) < 4.78 is 5.62. The Kier molecular flexibility index (Phi) is 3.18. The van der Waals surface area contributed by atoms with E-state index in [1.54, 1.807) is 7.11 Å². The largest absolute Gasteiger partial charge is 0.484 e. The molecule has 19 heavy (non-hydrogen) atoms. The van der Waals surface area contributed by atoms with Gasteiger partial charge < -0.3 is 4.74 Å². The van der Waals surface area contributed by atoms with Crippen molar-refractivity contribution in [3.05, 3.63) is 0 Å². The Hall–Kier alpha value is -0.530. The van der Waals surface area contributed by atoms with Crippen molar-refractivity contribution in [2.75, 3.05) is 7.11 Å². The van der Waals surface area contributed by atoms with Crippen LogP contribution in [0.15, 0.2) is 4.99 Å². The fourth-order valence-corrected chi connectivity index (χ4v) is 5.36. The van der Waals surface area contributed by atoms with Gasteiger partial charge in [-0.25, -0.2) is 4.99 Å². The number of methoxy groups -OCH3 is 1.